The number of carbonyl (C=O) groups is 3. The molecule has 0 radical (unpaired) electrons. The number of benzene rings is 1. The van der Waals surface area contributed by atoms with Gasteiger partial charge in [-0.3, -0.25) is 24.6 Å². The van der Waals surface area contributed by atoms with Crippen LogP contribution in [0.5, 0.6) is 0 Å². The summed E-state index contributed by atoms with van der Waals surface area (Å²) < 4.78 is 25.9. The van der Waals surface area contributed by atoms with E-state index in [2.05, 4.69) is 5.32 Å². The summed E-state index contributed by atoms with van der Waals surface area (Å²) >= 11 is 0. The maximum Gasteiger partial charge on any atom is 0.243 e. The fraction of sp³-hybridized carbons (Fsp3) is 0.308. The van der Waals surface area contributed by atoms with Gasteiger partial charge in [0.15, 0.2) is 17.4 Å². The molecule has 1 aromatic carbocycles. The molecule has 2 amide bonds. The molecule has 0 aromatic heterocycles. The van der Waals surface area contributed by atoms with Gasteiger partial charge in [0.2, 0.25) is 11.8 Å². The van der Waals surface area contributed by atoms with Crippen LogP contribution in [0.15, 0.2) is 18.2 Å². The number of hydrogen-bond donors (Lipinski definition) is 1. The highest BCUT2D eigenvalue weighted by Crippen LogP contribution is 2.12. The van der Waals surface area contributed by atoms with Gasteiger partial charge >= 0.3 is 0 Å². The van der Waals surface area contributed by atoms with Crippen molar-refractivity contribution < 1.29 is 23.2 Å². The second-order valence-electron chi connectivity index (χ2n) is 4.55. The summed E-state index contributed by atoms with van der Waals surface area (Å²) in [5, 5.41) is 2.15. The number of imide groups is 1. The van der Waals surface area contributed by atoms with E-state index in [0.29, 0.717) is 0 Å². The summed E-state index contributed by atoms with van der Waals surface area (Å²) in [7, 11) is 0. The number of rotatable bonds is 3. The van der Waals surface area contributed by atoms with E-state index in [1.54, 1.807) is 6.92 Å². The molecule has 0 saturated carbocycles. The van der Waals surface area contributed by atoms with Gasteiger partial charge in [0, 0.05) is 5.56 Å². The van der Waals surface area contributed by atoms with Gasteiger partial charge in [0.25, 0.3) is 0 Å². The summed E-state index contributed by atoms with van der Waals surface area (Å²) in [4.78, 5) is 36.0. The van der Waals surface area contributed by atoms with Crippen LogP contribution >= 0.6 is 0 Å². The van der Waals surface area contributed by atoms with E-state index in [1.807, 2.05) is 0 Å². The molecule has 1 N–H and O–H groups in total. The molecule has 1 saturated heterocycles. The highest BCUT2D eigenvalue weighted by atomic mass is 19.2. The average molecular weight is 282 g/mol. The first-order valence-corrected chi connectivity index (χ1v) is 5.94. The highest BCUT2D eigenvalue weighted by Gasteiger charge is 2.31. The monoisotopic (exact) mass is 282 g/mol. The minimum Gasteiger partial charge on any atom is -0.294 e. The predicted octanol–water partition coefficient (Wildman–Crippen LogP) is 0.494. The van der Waals surface area contributed by atoms with Crippen LogP contribution in [0.4, 0.5) is 8.78 Å². The van der Waals surface area contributed by atoms with E-state index in [0.717, 1.165) is 18.2 Å². The second-order valence-corrected chi connectivity index (χ2v) is 4.55. The van der Waals surface area contributed by atoms with Crippen molar-refractivity contribution >= 4 is 17.6 Å². The van der Waals surface area contributed by atoms with Crippen LogP contribution in [0.2, 0.25) is 0 Å². The number of hydrogen-bond acceptors (Lipinski definition) is 4. The SMILES string of the molecule is CC1C(=O)NC(=O)CN1CC(=O)c1ccc(F)c(F)c1. The fourth-order valence-electron chi connectivity index (χ4n) is 1.91. The number of nitrogens with zero attached hydrogens (tertiary/aromatic N) is 1. The van der Waals surface area contributed by atoms with Crippen molar-refractivity contribution in [3.05, 3.63) is 35.4 Å². The molecular formula is C13H12F2N2O3. The lowest BCUT2D eigenvalue weighted by atomic mass is 10.1. The minimum absolute atomic E-state index is 0.00506. The van der Waals surface area contributed by atoms with Crippen LogP contribution in [0.1, 0.15) is 17.3 Å². The summed E-state index contributed by atoms with van der Waals surface area (Å²) in [6, 6.07) is 2.19. The van der Waals surface area contributed by atoms with Crippen LogP contribution in [0.3, 0.4) is 0 Å². The van der Waals surface area contributed by atoms with Gasteiger partial charge in [-0.15, -0.1) is 0 Å². The molecule has 0 spiro atoms. The summed E-state index contributed by atoms with van der Waals surface area (Å²) in [6.45, 7) is 1.24. The van der Waals surface area contributed by atoms with Crippen molar-refractivity contribution in [2.45, 2.75) is 13.0 Å². The zero-order chi connectivity index (χ0) is 14.9. The van der Waals surface area contributed by atoms with Crippen molar-refractivity contribution in [3.63, 3.8) is 0 Å². The Morgan fingerprint density at radius 1 is 1.35 bits per heavy atom. The zero-order valence-corrected chi connectivity index (χ0v) is 10.7. The Kier molecular flexibility index (Phi) is 3.89. The van der Waals surface area contributed by atoms with Crippen LogP contribution in [-0.4, -0.2) is 41.6 Å². The summed E-state index contributed by atoms with van der Waals surface area (Å²) in [6.07, 6.45) is 0. The van der Waals surface area contributed by atoms with E-state index >= 15 is 0 Å². The number of piperazine rings is 1. The van der Waals surface area contributed by atoms with Crippen molar-refractivity contribution in [1.29, 1.82) is 0 Å². The van der Waals surface area contributed by atoms with Crippen LogP contribution in [0, 0.1) is 11.6 Å². The Morgan fingerprint density at radius 2 is 2.05 bits per heavy atom. The van der Waals surface area contributed by atoms with Crippen molar-refractivity contribution in [1.82, 2.24) is 10.2 Å². The molecular weight excluding hydrogens is 270 g/mol. The van der Waals surface area contributed by atoms with Crippen molar-refractivity contribution in [2.24, 2.45) is 0 Å². The number of Topliss-reactive ketones (excluding diaryl/α,β-unsaturated/α-hetero) is 1. The Hall–Kier alpha value is -2.15. The Balaban J connectivity index is 2.12. The highest BCUT2D eigenvalue weighted by molar-refractivity contribution is 6.03. The average Bonchev–Trinajstić information content (AvgIpc) is 2.38. The Labute approximate surface area is 113 Å². The van der Waals surface area contributed by atoms with Gasteiger partial charge in [-0.2, -0.15) is 0 Å². The van der Waals surface area contributed by atoms with Gasteiger partial charge in [-0.05, 0) is 25.1 Å². The number of halogens is 2. The van der Waals surface area contributed by atoms with E-state index in [-0.39, 0.29) is 18.7 Å². The molecule has 1 unspecified atom stereocenters. The fourth-order valence-corrected chi connectivity index (χ4v) is 1.91. The topological polar surface area (TPSA) is 66.5 Å². The molecule has 20 heavy (non-hydrogen) atoms. The maximum absolute atomic E-state index is 13.1. The zero-order valence-electron chi connectivity index (χ0n) is 10.7. The molecule has 1 aliphatic heterocycles. The second kappa shape index (κ2) is 5.46. The third kappa shape index (κ3) is 2.88. The molecule has 5 nitrogen and oxygen atoms in total. The van der Waals surface area contributed by atoms with Crippen LogP contribution < -0.4 is 5.32 Å². The van der Waals surface area contributed by atoms with Gasteiger partial charge in [0.05, 0.1) is 19.1 Å². The number of amides is 2. The molecule has 106 valence electrons. The van der Waals surface area contributed by atoms with E-state index < -0.39 is 35.3 Å². The van der Waals surface area contributed by atoms with E-state index in [4.69, 9.17) is 0 Å². The summed E-state index contributed by atoms with van der Waals surface area (Å²) in [5.74, 6) is -3.62. The number of ketones is 1. The first-order valence-electron chi connectivity index (χ1n) is 5.94. The smallest absolute Gasteiger partial charge is 0.243 e. The lowest BCUT2D eigenvalue weighted by Crippen LogP contribution is -2.57. The van der Waals surface area contributed by atoms with Gasteiger partial charge in [-0.25, -0.2) is 8.78 Å². The Morgan fingerprint density at radius 3 is 2.70 bits per heavy atom. The lowest BCUT2D eigenvalue weighted by molar-refractivity contribution is -0.139. The van der Waals surface area contributed by atoms with Gasteiger partial charge in [-0.1, -0.05) is 0 Å². The van der Waals surface area contributed by atoms with Gasteiger partial charge < -0.3 is 0 Å². The first kappa shape index (κ1) is 14.3. The maximum atomic E-state index is 13.1. The summed E-state index contributed by atoms with van der Waals surface area (Å²) in [5.41, 5.74) is -0.00506. The first-order chi connectivity index (χ1) is 9.38. The lowest BCUT2D eigenvalue weighted by Gasteiger charge is -2.30. The van der Waals surface area contributed by atoms with Crippen LogP contribution in [-0.2, 0) is 9.59 Å². The normalized spacial score (nSPS) is 19.9. The molecule has 0 bridgehead atoms. The molecule has 0 aliphatic carbocycles. The molecule has 1 fully saturated rings. The molecule has 1 aromatic rings. The van der Waals surface area contributed by atoms with Crippen molar-refractivity contribution in [2.75, 3.05) is 13.1 Å². The number of nitrogens with one attached hydrogen (secondary N) is 1. The third-order valence-electron chi connectivity index (χ3n) is 3.12. The molecule has 1 atom stereocenters. The Bertz CT molecular complexity index is 589. The minimum atomic E-state index is -1.11. The molecule has 2 rings (SSSR count). The van der Waals surface area contributed by atoms with E-state index in [1.165, 1.54) is 4.90 Å². The third-order valence-corrected chi connectivity index (χ3v) is 3.12. The van der Waals surface area contributed by atoms with Crippen molar-refractivity contribution in [3.8, 4) is 0 Å². The van der Waals surface area contributed by atoms with Gasteiger partial charge in [0.1, 0.15) is 0 Å². The molecule has 1 aliphatic rings. The predicted molar refractivity (Wildman–Crippen MR) is 64.9 cm³/mol. The number of carbonyl (C=O) groups excluding carboxylic acids is 3. The largest absolute Gasteiger partial charge is 0.294 e. The molecule has 1 heterocycles. The quantitative estimate of drug-likeness (QED) is 0.647. The van der Waals surface area contributed by atoms with E-state index in [9.17, 15) is 23.2 Å². The standard InChI is InChI=1S/C13H12F2N2O3/c1-7-13(20)16-12(19)6-17(7)5-11(18)8-2-3-9(14)10(15)4-8/h2-4,7H,5-6H2,1H3,(H,16,19,20). The molecule has 7 heteroatoms. The van der Waals surface area contributed by atoms with Crippen LogP contribution in [0.25, 0.3) is 0 Å².